The molecule has 4 nitrogen and oxygen atoms in total. The van der Waals surface area contributed by atoms with Gasteiger partial charge in [0.2, 0.25) is 0 Å². The van der Waals surface area contributed by atoms with Gasteiger partial charge in [0.25, 0.3) is 0 Å². The molecule has 0 atom stereocenters. The molecule has 0 saturated carbocycles. The second-order valence-corrected chi connectivity index (χ2v) is 4.88. The number of hydrogen-bond acceptors (Lipinski definition) is 3. The van der Waals surface area contributed by atoms with Crippen molar-refractivity contribution in [1.82, 2.24) is 10.2 Å². The molecule has 2 rings (SSSR count). The van der Waals surface area contributed by atoms with Crippen molar-refractivity contribution < 1.29 is 4.74 Å². The summed E-state index contributed by atoms with van der Waals surface area (Å²) in [7, 11) is 3.92. The van der Waals surface area contributed by atoms with Gasteiger partial charge in [0.1, 0.15) is 5.75 Å². The smallest absolute Gasteiger partial charge is 0.164 e. The fourth-order valence-electron chi connectivity index (χ4n) is 1.69. The van der Waals surface area contributed by atoms with E-state index in [9.17, 15) is 0 Å². The number of aromatic nitrogens is 2. The number of rotatable bonds is 4. The summed E-state index contributed by atoms with van der Waals surface area (Å²) in [4.78, 5) is 1.96. The highest BCUT2D eigenvalue weighted by Gasteiger charge is 2.13. The number of H-pyrrole nitrogens is 1. The van der Waals surface area contributed by atoms with Crippen LogP contribution < -0.4 is 9.64 Å². The molecule has 0 saturated heterocycles. The summed E-state index contributed by atoms with van der Waals surface area (Å²) in [6.45, 7) is 2.65. The summed E-state index contributed by atoms with van der Waals surface area (Å²) < 4.78 is 6.39. The normalized spacial score (nSPS) is 10.4. The van der Waals surface area contributed by atoms with E-state index in [1.165, 1.54) is 0 Å². The van der Waals surface area contributed by atoms with Crippen LogP contribution in [0.3, 0.4) is 0 Å². The Morgan fingerprint density at radius 2 is 1.94 bits per heavy atom. The molecule has 96 valence electrons. The zero-order chi connectivity index (χ0) is 13.1. The minimum atomic E-state index is 0.678. The number of nitrogens with zero attached hydrogens (tertiary/aromatic N) is 2. The van der Waals surface area contributed by atoms with Crippen molar-refractivity contribution in [2.75, 3.05) is 25.6 Å². The molecule has 1 heterocycles. The first-order valence-electron chi connectivity index (χ1n) is 5.78. The molecule has 2 aromatic rings. The number of hydrogen-bond donors (Lipinski definition) is 1. The van der Waals surface area contributed by atoms with Gasteiger partial charge >= 0.3 is 0 Å². The summed E-state index contributed by atoms with van der Waals surface area (Å²) in [5, 5.41) is 7.32. The van der Waals surface area contributed by atoms with Gasteiger partial charge in [0, 0.05) is 19.7 Å². The largest absolute Gasteiger partial charge is 0.494 e. The van der Waals surface area contributed by atoms with Crippen molar-refractivity contribution in [2.45, 2.75) is 6.92 Å². The van der Waals surface area contributed by atoms with Gasteiger partial charge in [-0.3, -0.25) is 5.10 Å². The van der Waals surface area contributed by atoms with E-state index in [-0.39, 0.29) is 0 Å². The SMILES string of the molecule is CCOc1ccc(-c2[nH]nc(N(C)C)c2Br)cc1. The van der Waals surface area contributed by atoms with Gasteiger partial charge in [-0.1, -0.05) is 0 Å². The van der Waals surface area contributed by atoms with Gasteiger partial charge in [-0.15, -0.1) is 0 Å². The van der Waals surface area contributed by atoms with Crippen LogP contribution in [0.2, 0.25) is 0 Å². The van der Waals surface area contributed by atoms with Gasteiger partial charge in [-0.05, 0) is 47.1 Å². The van der Waals surface area contributed by atoms with E-state index in [4.69, 9.17) is 4.74 Å². The topological polar surface area (TPSA) is 41.1 Å². The highest BCUT2D eigenvalue weighted by molar-refractivity contribution is 9.10. The molecule has 0 spiro atoms. The number of anilines is 1. The average Bonchev–Trinajstić information content (AvgIpc) is 2.73. The van der Waals surface area contributed by atoms with Crippen LogP contribution in [-0.4, -0.2) is 30.9 Å². The number of ether oxygens (including phenoxy) is 1. The predicted molar refractivity (Wildman–Crippen MR) is 77.2 cm³/mol. The van der Waals surface area contributed by atoms with Gasteiger partial charge in [0.15, 0.2) is 5.82 Å². The fourth-order valence-corrected chi connectivity index (χ4v) is 2.45. The number of aromatic amines is 1. The van der Waals surface area contributed by atoms with Crippen molar-refractivity contribution in [2.24, 2.45) is 0 Å². The maximum atomic E-state index is 5.42. The Morgan fingerprint density at radius 3 is 2.44 bits per heavy atom. The van der Waals surface area contributed by atoms with Crippen LogP contribution >= 0.6 is 15.9 Å². The van der Waals surface area contributed by atoms with Crippen LogP contribution in [0.4, 0.5) is 5.82 Å². The Morgan fingerprint density at radius 1 is 1.28 bits per heavy atom. The van der Waals surface area contributed by atoms with E-state index in [0.29, 0.717) is 6.61 Å². The lowest BCUT2D eigenvalue weighted by atomic mass is 10.1. The molecule has 1 N–H and O–H groups in total. The average molecular weight is 310 g/mol. The van der Waals surface area contributed by atoms with E-state index in [0.717, 1.165) is 27.3 Å². The molecular formula is C13H16BrN3O. The quantitative estimate of drug-likeness (QED) is 0.942. The summed E-state index contributed by atoms with van der Waals surface area (Å²) in [6.07, 6.45) is 0. The van der Waals surface area contributed by atoms with Crippen LogP contribution in [0.5, 0.6) is 5.75 Å². The first-order valence-corrected chi connectivity index (χ1v) is 6.57. The van der Waals surface area contributed by atoms with Crippen molar-refractivity contribution in [3.63, 3.8) is 0 Å². The standard InChI is InChI=1S/C13H16BrN3O/c1-4-18-10-7-5-9(6-8-10)12-11(14)13(16-15-12)17(2)3/h5-8H,4H2,1-3H3,(H,15,16). The van der Waals surface area contributed by atoms with Gasteiger partial charge in [-0.2, -0.15) is 5.10 Å². The summed E-state index contributed by atoms with van der Waals surface area (Å²) in [6, 6.07) is 7.95. The fraction of sp³-hybridized carbons (Fsp3) is 0.308. The molecule has 0 bridgehead atoms. The molecule has 0 radical (unpaired) electrons. The Balaban J connectivity index is 2.31. The van der Waals surface area contributed by atoms with Crippen LogP contribution in [0, 0.1) is 0 Å². The zero-order valence-electron chi connectivity index (χ0n) is 10.7. The van der Waals surface area contributed by atoms with Gasteiger partial charge < -0.3 is 9.64 Å². The lowest BCUT2D eigenvalue weighted by molar-refractivity contribution is 0.340. The molecule has 0 aliphatic heterocycles. The maximum absolute atomic E-state index is 5.42. The van der Waals surface area contributed by atoms with Crippen molar-refractivity contribution in [1.29, 1.82) is 0 Å². The van der Waals surface area contributed by atoms with Gasteiger partial charge in [-0.25, -0.2) is 0 Å². The van der Waals surface area contributed by atoms with Crippen LogP contribution in [0.1, 0.15) is 6.92 Å². The number of halogens is 1. The third-order valence-corrected chi connectivity index (χ3v) is 3.32. The molecule has 0 aliphatic rings. The Kier molecular flexibility index (Phi) is 3.91. The third-order valence-electron chi connectivity index (χ3n) is 2.57. The molecule has 1 aromatic carbocycles. The number of benzene rings is 1. The third kappa shape index (κ3) is 2.51. The molecule has 0 amide bonds. The van der Waals surface area contributed by atoms with E-state index in [1.807, 2.05) is 50.2 Å². The van der Waals surface area contributed by atoms with Crippen LogP contribution in [-0.2, 0) is 0 Å². The van der Waals surface area contributed by atoms with Crippen molar-refractivity contribution >= 4 is 21.7 Å². The minimum Gasteiger partial charge on any atom is -0.494 e. The summed E-state index contributed by atoms with van der Waals surface area (Å²) in [5.41, 5.74) is 2.05. The van der Waals surface area contributed by atoms with Crippen LogP contribution in [0.25, 0.3) is 11.3 Å². The predicted octanol–water partition coefficient (Wildman–Crippen LogP) is 3.30. The highest BCUT2D eigenvalue weighted by Crippen LogP contribution is 2.33. The van der Waals surface area contributed by atoms with Crippen molar-refractivity contribution in [3.05, 3.63) is 28.7 Å². The molecule has 0 fully saturated rings. The van der Waals surface area contributed by atoms with Crippen molar-refractivity contribution in [3.8, 4) is 17.0 Å². The maximum Gasteiger partial charge on any atom is 0.164 e. The van der Waals surface area contributed by atoms with E-state index in [2.05, 4.69) is 26.1 Å². The number of nitrogens with one attached hydrogen (secondary N) is 1. The van der Waals surface area contributed by atoms with E-state index in [1.54, 1.807) is 0 Å². The molecule has 0 unspecified atom stereocenters. The monoisotopic (exact) mass is 309 g/mol. The highest BCUT2D eigenvalue weighted by atomic mass is 79.9. The molecular weight excluding hydrogens is 294 g/mol. The Hall–Kier alpha value is -1.49. The summed E-state index contributed by atoms with van der Waals surface area (Å²) in [5.74, 6) is 1.77. The first-order chi connectivity index (χ1) is 8.63. The molecule has 5 heteroatoms. The van der Waals surface area contributed by atoms with Crippen LogP contribution in [0.15, 0.2) is 28.7 Å². The molecule has 18 heavy (non-hydrogen) atoms. The van der Waals surface area contributed by atoms with E-state index >= 15 is 0 Å². The first kappa shape index (κ1) is 13.0. The zero-order valence-corrected chi connectivity index (χ0v) is 12.3. The lowest BCUT2D eigenvalue weighted by Gasteiger charge is -2.08. The minimum absolute atomic E-state index is 0.678. The Labute approximate surface area is 115 Å². The Bertz CT molecular complexity index is 520. The lowest BCUT2D eigenvalue weighted by Crippen LogP contribution is -2.09. The molecule has 1 aromatic heterocycles. The second kappa shape index (κ2) is 5.44. The summed E-state index contributed by atoms with van der Waals surface area (Å²) >= 11 is 3.57. The second-order valence-electron chi connectivity index (χ2n) is 4.09. The van der Waals surface area contributed by atoms with E-state index < -0.39 is 0 Å². The molecule has 0 aliphatic carbocycles. The van der Waals surface area contributed by atoms with Gasteiger partial charge in [0.05, 0.1) is 16.8 Å².